The van der Waals surface area contributed by atoms with E-state index in [9.17, 15) is 4.39 Å². The van der Waals surface area contributed by atoms with Crippen LogP contribution in [0.5, 0.6) is 0 Å². The van der Waals surface area contributed by atoms with Crippen LogP contribution in [-0.2, 0) is 6.54 Å². The molecule has 0 saturated carbocycles. The monoisotopic (exact) mass is 327 g/mol. The summed E-state index contributed by atoms with van der Waals surface area (Å²) in [5, 5.41) is 3.07. The maximum atomic E-state index is 13.3. The first-order valence-corrected chi connectivity index (χ1v) is 6.06. The highest BCUT2D eigenvalue weighted by Gasteiger charge is 1.99. The number of hydrogen-bond acceptors (Lipinski definition) is 1. The molecule has 82 valence electrons. The Morgan fingerprint density at radius 1 is 1.00 bits per heavy atom. The van der Waals surface area contributed by atoms with Crippen LogP contribution in [0, 0.1) is 9.39 Å². The minimum Gasteiger partial charge on any atom is -0.379 e. The number of hydrogen-bond donors (Lipinski definition) is 1. The molecule has 0 heterocycles. The van der Waals surface area contributed by atoms with Crippen LogP contribution < -0.4 is 5.32 Å². The molecule has 0 aliphatic heterocycles. The van der Waals surface area contributed by atoms with Crippen molar-refractivity contribution in [2.75, 3.05) is 5.32 Å². The van der Waals surface area contributed by atoms with E-state index in [1.165, 1.54) is 9.64 Å². The van der Waals surface area contributed by atoms with Crippen molar-refractivity contribution < 1.29 is 4.39 Å². The number of rotatable bonds is 3. The van der Waals surface area contributed by atoms with Crippen LogP contribution in [0.3, 0.4) is 0 Å². The van der Waals surface area contributed by atoms with E-state index in [1.54, 1.807) is 12.1 Å². The van der Waals surface area contributed by atoms with Gasteiger partial charge < -0.3 is 5.32 Å². The summed E-state index contributed by atoms with van der Waals surface area (Å²) in [6, 6.07) is 14.9. The Balaban J connectivity index is 2.02. The Kier molecular flexibility index (Phi) is 3.77. The lowest BCUT2D eigenvalue weighted by Crippen LogP contribution is -2.00. The molecule has 0 aliphatic rings. The van der Waals surface area contributed by atoms with E-state index >= 15 is 0 Å². The standard InChI is InChI=1S/C13H11FIN/c14-12-3-1-2-4-13(12)16-9-10-5-7-11(15)8-6-10/h1-8,16H,9H2. The van der Waals surface area contributed by atoms with Gasteiger partial charge in [0.1, 0.15) is 5.82 Å². The highest BCUT2D eigenvalue weighted by atomic mass is 127. The van der Waals surface area contributed by atoms with E-state index in [2.05, 4.69) is 27.9 Å². The molecule has 16 heavy (non-hydrogen) atoms. The average Bonchev–Trinajstić information content (AvgIpc) is 2.30. The van der Waals surface area contributed by atoms with E-state index in [4.69, 9.17) is 0 Å². The number of anilines is 1. The fourth-order valence-corrected chi connectivity index (χ4v) is 1.76. The molecule has 2 aromatic rings. The van der Waals surface area contributed by atoms with Gasteiger partial charge in [-0.2, -0.15) is 0 Å². The second-order valence-electron chi connectivity index (χ2n) is 3.46. The lowest BCUT2D eigenvalue weighted by Gasteiger charge is -2.07. The van der Waals surface area contributed by atoms with Gasteiger partial charge in [0.15, 0.2) is 0 Å². The normalized spacial score (nSPS) is 10.1. The predicted molar refractivity (Wildman–Crippen MR) is 72.9 cm³/mol. The van der Waals surface area contributed by atoms with Crippen molar-refractivity contribution in [2.24, 2.45) is 0 Å². The SMILES string of the molecule is Fc1ccccc1NCc1ccc(I)cc1. The predicted octanol–water partition coefficient (Wildman–Crippen LogP) is 4.04. The Morgan fingerprint density at radius 3 is 2.38 bits per heavy atom. The number of halogens is 2. The Bertz CT molecular complexity index is 468. The van der Waals surface area contributed by atoms with Crippen LogP contribution in [0.15, 0.2) is 48.5 Å². The van der Waals surface area contributed by atoms with Gasteiger partial charge in [0.25, 0.3) is 0 Å². The van der Waals surface area contributed by atoms with Gasteiger partial charge in [-0.05, 0) is 52.4 Å². The van der Waals surface area contributed by atoms with Gasteiger partial charge in [0, 0.05) is 10.1 Å². The zero-order valence-electron chi connectivity index (χ0n) is 8.58. The van der Waals surface area contributed by atoms with Crippen molar-refractivity contribution in [1.82, 2.24) is 0 Å². The molecule has 0 spiro atoms. The number of nitrogens with one attached hydrogen (secondary N) is 1. The minimum atomic E-state index is -0.215. The molecule has 0 atom stereocenters. The van der Waals surface area contributed by atoms with Crippen LogP contribution in [-0.4, -0.2) is 0 Å². The number of benzene rings is 2. The Hall–Kier alpha value is -1.10. The maximum Gasteiger partial charge on any atom is 0.146 e. The van der Waals surface area contributed by atoms with Crippen LogP contribution in [0.4, 0.5) is 10.1 Å². The molecule has 0 radical (unpaired) electrons. The first-order chi connectivity index (χ1) is 7.75. The molecule has 0 unspecified atom stereocenters. The summed E-state index contributed by atoms with van der Waals surface area (Å²) >= 11 is 2.26. The second-order valence-corrected chi connectivity index (χ2v) is 4.71. The van der Waals surface area contributed by atoms with Crippen molar-refractivity contribution in [3.05, 3.63) is 63.5 Å². The van der Waals surface area contributed by atoms with Crippen molar-refractivity contribution in [1.29, 1.82) is 0 Å². The quantitative estimate of drug-likeness (QED) is 0.839. The smallest absolute Gasteiger partial charge is 0.146 e. The fourth-order valence-electron chi connectivity index (χ4n) is 1.40. The molecule has 0 aromatic heterocycles. The highest BCUT2D eigenvalue weighted by Crippen LogP contribution is 2.14. The van der Waals surface area contributed by atoms with E-state index in [0.29, 0.717) is 12.2 Å². The molecule has 1 N–H and O–H groups in total. The third-order valence-corrected chi connectivity index (χ3v) is 2.99. The van der Waals surface area contributed by atoms with Crippen molar-refractivity contribution >= 4 is 28.3 Å². The summed E-state index contributed by atoms with van der Waals surface area (Å²) < 4.78 is 14.5. The lowest BCUT2D eigenvalue weighted by atomic mass is 10.2. The highest BCUT2D eigenvalue weighted by molar-refractivity contribution is 14.1. The molecular formula is C13H11FIN. The Morgan fingerprint density at radius 2 is 1.69 bits per heavy atom. The zero-order valence-corrected chi connectivity index (χ0v) is 10.7. The Labute approximate surface area is 108 Å². The maximum absolute atomic E-state index is 13.3. The average molecular weight is 327 g/mol. The summed E-state index contributed by atoms with van der Waals surface area (Å²) in [4.78, 5) is 0. The molecule has 0 bridgehead atoms. The summed E-state index contributed by atoms with van der Waals surface area (Å²) in [6.45, 7) is 0.637. The third-order valence-electron chi connectivity index (χ3n) is 2.27. The lowest BCUT2D eigenvalue weighted by molar-refractivity contribution is 0.630. The molecule has 2 rings (SSSR count). The first-order valence-electron chi connectivity index (χ1n) is 4.98. The van der Waals surface area contributed by atoms with Gasteiger partial charge in [0.05, 0.1) is 5.69 Å². The molecular weight excluding hydrogens is 316 g/mol. The zero-order chi connectivity index (χ0) is 11.4. The van der Waals surface area contributed by atoms with E-state index in [0.717, 1.165) is 5.56 Å². The topological polar surface area (TPSA) is 12.0 Å². The molecule has 0 saturated heterocycles. The minimum absolute atomic E-state index is 0.215. The largest absolute Gasteiger partial charge is 0.379 e. The summed E-state index contributed by atoms with van der Waals surface area (Å²) in [7, 11) is 0. The van der Waals surface area contributed by atoms with Crippen LogP contribution in [0.1, 0.15) is 5.56 Å². The summed E-state index contributed by atoms with van der Waals surface area (Å²) in [6.07, 6.45) is 0. The van der Waals surface area contributed by atoms with E-state index in [1.807, 2.05) is 30.3 Å². The van der Waals surface area contributed by atoms with Gasteiger partial charge in [-0.15, -0.1) is 0 Å². The number of para-hydroxylation sites is 1. The fraction of sp³-hybridized carbons (Fsp3) is 0.0769. The molecule has 0 fully saturated rings. The van der Waals surface area contributed by atoms with Gasteiger partial charge in [-0.3, -0.25) is 0 Å². The van der Waals surface area contributed by atoms with Gasteiger partial charge >= 0.3 is 0 Å². The van der Waals surface area contributed by atoms with Crippen LogP contribution in [0.2, 0.25) is 0 Å². The van der Waals surface area contributed by atoms with Crippen molar-refractivity contribution in [2.45, 2.75) is 6.54 Å². The van der Waals surface area contributed by atoms with Gasteiger partial charge in [0.2, 0.25) is 0 Å². The van der Waals surface area contributed by atoms with Gasteiger partial charge in [-0.25, -0.2) is 4.39 Å². The molecule has 1 nitrogen and oxygen atoms in total. The van der Waals surface area contributed by atoms with Crippen molar-refractivity contribution in [3.8, 4) is 0 Å². The molecule has 0 aliphatic carbocycles. The first kappa shape index (κ1) is 11.4. The third kappa shape index (κ3) is 2.95. The molecule has 0 amide bonds. The second kappa shape index (κ2) is 5.30. The molecule has 3 heteroatoms. The van der Waals surface area contributed by atoms with Crippen LogP contribution >= 0.6 is 22.6 Å². The summed E-state index contributed by atoms with van der Waals surface area (Å²) in [5.74, 6) is -0.215. The van der Waals surface area contributed by atoms with Gasteiger partial charge in [-0.1, -0.05) is 24.3 Å². The molecule has 2 aromatic carbocycles. The van der Waals surface area contributed by atoms with E-state index in [-0.39, 0.29) is 5.82 Å². The van der Waals surface area contributed by atoms with Crippen molar-refractivity contribution in [3.63, 3.8) is 0 Å². The van der Waals surface area contributed by atoms with Crippen LogP contribution in [0.25, 0.3) is 0 Å². The summed E-state index contributed by atoms with van der Waals surface area (Å²) in [5.41, 5.74) is 1.68. The van der Waals surface area contributed by atoms with E-state index < -0.39 is 0 Å².